The molecule has 0 radical (unpaired) electrons. The number of likely N-dealkylation sites (tertiary alicyclic amines) is 1. The Morgan fingerprint density at radius 3 is 2.48 bits per heavy atom. The monoisotopic (exact) mass is 291 g/mol. The molecule has 6 nitrogen and oxygen atoms in total. The summed E-state index contributed by atoms with van der Waals surface area (Å²) in [4.78, 5) is 37.4. The zero-order valence-corrected chi connectivity index (χ0v) is 12.7. The molecule has 2 rings (SSSR count). The lowest BCUT2D eigenvalue weighted by molar-refractivity contribution is -0.127. The molecule has 0 saturated carbocycles. The van der Waals surface area contributed by atoms with E-state index in [1.54, 1.807) is 11.9 Å². The summed E-state index contributed by atoms with van der Waals surface area (Å²) in [5, 5.41) is 0. The first-order chi connectivity index (χ1) is 9.90. The van der Waals surface area contributed by atoms with Gasteiger partial charge in [-0.2, -0.15) is 0 Å². The Balaban J connectivity index is 2.16. The summed E-state index contributed by atoms with van der Waals surface area (Å²) in [5.74, 6) is 0.576. The molecular formula is C15H21N3O3. The second kappa shape index (κ2) is 6.11. The Hall–Kier alpha value is -2.11. The molecule has 0 aromatic carbocycles. The third kappa shape index (κ3) is 3.32. The van der Waals surface area contributed by atoms with Gasteiger partial charge in [0.1, 0.15) is 0 Å². The lowest BCUT2D eigenvalue weighted by atomic mass is 9.99. The van der Waals surface area contributed by atoms with Crippen LogP contribution in [0.15, 0.2) is 21.9 Å². The standard InChI is InChI=1S/C15H21N3O3/c1-11-6-8-18(9-7-11)13(19)5-4-12-10-16(2)15(21)17(3)14(12)20/h4-5,10-11H,6-9H2,1-3H3. The lowest BCUT2D eigenvalue weighted by Crippen LogP contribution is -2.38. The molecule has 1 aliphatic rings. The van der Waals surface area contributed by atoms with Gasteiger partial charge in [-0.1, -0.05) is 6.92 Å². The fraction of sp³-hybridized carbons (Fsp3) is 0.533. The molecule has 1 amide bonds. The van der Waals surface area contributed by atoms with E-state index in [1.165, 1.54) is 30.0 Å². The molecule has 1 aromatic rings. The van der Waals surface area contributed by atoms with Crippen molar-refractivity contribution in [2.24, 2.45) is 20.0 Å². The second-order valence-corrected chi connectivity index (χ2v) is 5.68. The van der Waals surface area contributed by atoms with Crippen LogP contribution in [0.2, 0.25) is 0 Å². The molecular weight excluding hydrogens is 270 g/mol. The van der Waals surface area contributed by atoms with Gasteiger partial charge in [0.2, 0.25) is 5.91 Å². The first-order valence-corrected chi connectivity index (χ1v) is 7.14. The van der Waals surface area contributed by atoms with Crippen molar-refractivity contribution in [3.63, 3.8) is 0 Å². The second-order valence-electron chi connectivity index (χ2n) is 5.68. The maximum absolute atomic E-state index is 12.1. The highest BCUT2D eigenvalue weighted by molar-refractivity contribution is 5.91. The van der Waals surface area contributed by atoms with Gasteiger partial charge in [0.15, 0.2) is 0 Å². The molecule has 0 atom stereocenters. The summed E-state index contributed by atoms with van der Waals surface area (Å²) in [6.07, 6.45) is 6.38. The van der Waals surface area contributed by atoms with Gasteiger partial charge in [-0.05, 0) is 24.8 Å². The Morgan fingerprint density at radius 2 is 1.86 bits per heavy atom. The van der Waals surface area contributed by atoms with Crippen LogP contribution >= 0.6 is 0 Å². The predicted octanol–water partition coefficient (Wildman–Crippen LogP) is 0.356. The van der Waals surface area contributed by atoms with Crippen LogP contribution < -0.4 is 11.2 Å². The average molecular weight is 291 g/mol. The molecule has 0 bridgehead atoms. The Bertz CT molecular complexity index is 676. The number of hydrogen-bond donors (Lipinski definition) is 0. The van der Waals surface area contributed by atoms with Crippen molar-refractivity contribution < 1.29 is 4.79 Å². The Kier molecular flexibility index (Phi) is 4.45. The minimum absolute atomic E-state index is 0.0854. The van der Waals surface area contributed by atoms with E-state index in [2.05, 4.69) is 6.92 Å². The number of amides is 1. The topological polar surface area (TPSA) is 64.3 Å². The Labute approximate surface area is 123 Å². The SMILES string of the molecule is CC1CCN(C(=O)C=Cc2cn(C)c(=O)n(C)c2=O)CC1. The highest BCUT2D eigenvalue weighted by Crippen LogP contribution is 2.16. The molecule has 0 unspecified atom stereocenters. The van der Waals surface area contributed by atoms with E-state index in [0.717, 1.165) is 30.5 Å². The van der Waals surface area contributed by atoms with Gasteiger partial charge in [-0.3, -0.25) is 14.2 Å². The quantitative estimate of drug-likeness (QED) is 0.739. The van der Waals surface area contributed by atoms with Crippen LogP contribution in [0.5, 0.6) is 0 Å². The summed E-state index contributed by atoms with van der Waals surface area (Å²) in [5.41, 5.74) is -0.443. The fourth-order valence-electron chi connectivity index (χ4n) is 2.45. The summed E-state index contributed by atoms with van der Waals surface area (Å²) in [6.45, 7) is 3.71. The molecule has 2 heterocycles. The van der Waals surface area contributed by atoms with Gasteiger partial charge in [-0.25, -0.2) is 4.79 Å². The Morgan fingerprint density at radius 1 is 1.24 bits per heavy atom. The number of aryl methyl sites for hydroxylation is 1. The van der Waals surface area contributed by atoms with E-state index in [9.17, 15) is 14.4 Å². The van der Waals surface area contributed by atoms with Crippen molar-refractivity contribution in [1.29, 1.82) is 0 Å². The number of piperidine rings is 1. The van der Waals surface area contributed by atoms with E-state index in [0.29, 0.717) is 11.5 Å². The minimum Gasteiger partial charge on any atom is -0.339 e. The first-order valence-electron chi connectivity index (χ1n) is 7.14. The van der Waals surface area contributed by atoms with Gasteiger partial charge in [0.25, 0.3) is 5.56 Å². The summed E-state index contributed by atoms with van der Waals surface area (Å²) in [7, 11) is 3.00. The van der Waals surface area contributed by atoms with Gasteiger partial charge in [-0.15, -0.1) is 0 Å². The lowest BCUT2D eigenvalue weighted by Gasteiger charge is -2.29. The van der Waals surface area contributed by atoms with Crippen LogP contribution in [0.25, 0.3) is 6.08 Å². The number of carbonyl (C=O) groups is 1. The number of nitrogens with zero attached hydrogens (tertiary/aromatic N) is 3. The van der Waals surface area contributed by atoms with E-state index in [4.69, 9.17) is 0 Å². The van der Waals surface area contributed by atoms with Crippen LogP contribution in [0.4, 0.5) is 0 Å². The molecule has 1 aliphatic heterocycles. The highest BCUT2D eigenvalue weighted by atomic mass is 16.2. The van der Waals surface area contributed by atoms with Crippen molar-refractivity contribution in [3.8, 4) is 0 Å². The molecule has 114 valence electrons. The molecule has 0 spiro atoms. The van der Waals surface area contributed by atoms with Crippen LogP contribution in [-0.4, -0.2) is 33.0 Å². The highest BCUT2D eigenvalue weighted by Gasteiger charge is 2.18. The molecule has 6 heteroatoms. The van der Waals surface area contributed by atoms with E-state index in [-0.39, 0.29) is 11.6 Å². The van der Waals surface area contributed by atoms with Crippen LogP contribution in [-0.2, 0) is 18.9 Å². The zero-order chi connectivity index (χ0) is 15.6. The number of carbonyl (C=O) groups excluding carboxylic acids is 1. The zero-order valence-electron chi connectivity index (χ0n) is 12.7. The summed E-state index contributed by atoms with van der Waals surface area (Å²) >= 11 is 0. The third-order valence-electron chi connectivity index (χ3n) is 3.97. The van der Waals surface area contributed by atoms with Crippen LogP contribution in [0.1, 0.15) is 25.3 Å². The van der Waals surface area contributed by atoms with Crippen LogP contribution in [0, 0.1) is 5.92 Å². The smallest absolute Gasteiger partial charge is 0.330 e. The number of rotatable bonds is 2. The summed E-state index contributed by atoms with van der Waals surface area (Å²) < 4.78 is 2.36. The number of aromatic nitrogens is 2. The third-order valence-corrected chi connectivity index (χ3v) is 3.97. The normalized spacial score (nSPS) is 16.6. The van der Waals surface area contributed by atoms with Crippen molar-refractivity contribution >= 4 is 12.0 Å². The van der Waals surface area contributed by atoms with Gasteiger partial charge < -0.3 is 9.47 Å². The maximum Gasteiger partial charge on any atom is 0.330 e. The predicted molar refractivity (Wildman–Crippen MR) is 80.9 cm³/mol. The van der Waals surface area contributed by atoms with Gasteiger partial charge in [0.05, 0.1) is 5.56 Å². The summed E-state index contributed by atoms with van der Waals surface area (Å²) in [6, 6.07) is 0. The van der Waals surface area contributed by atoms with Gasteiger partial charge >= 0.3 is 5.69 Å². The van der Waals surface area contributed by atoms with Crippen molar-refractivity contribution in [3.05, 3.63) is 38.7 Å². The largest absolute Gasteiger partial charge is 0.339 e. The first kappa shape index (κ1) is 15.3. The minimum atomic E-state index is -0.394. The van der Waals surface area contributed by atoms with Crippen molar-refractivity contribution in [2.75, 3.05) is 13.1 Å². The van der Waals surface area contributed by atoms with Crippen LogP contribution in [0.3, 0.4) is 0 Å². The molecule has 1 aromatic heterocycles. The average Bonchev–Trinajstić information content (AvgIpc) is 2.48. The molecule has 1 fully saturated rings. The molecule has 0 N–H and O–H groups in total. The number of hydrogen-bond acceptors (Lipinski definition) is 3. The molecule has 1 saturated heterocycles. The van der Waals surface area contributed by atoms with Crippen molar-refractivity contribution in [2.45, 2.75) is 19.8 Å². The van der Waals surface area contributed by atoms with E-state index in [1.807, 2.05) is 0 Å². The van der Waals surface area contributed by atoms with Gasteiger partial charge in [0, 0.05) is 39.5 Å². The molecule has 21 heavy (non-hydrogen) atoms. The van der Waals surface area contributed by atoms with E-state index < -0.39 is 5.56 Å². The fourth-order valence-corrected chi connectivity index (χ4v) is 2.45. The maximum atomic E-state index is 12.1. The van der Waals surface area contributed by atoms with Crippen molar-refractivity contribution in [1.82, 2.24) is 14.0 Å². The molecule has 0 aliphatic carbocycles. The van der Waals surface area contributed by atoms with E-state index >= 15 is 0 Å².